The van der Waals surface area contributed by atoms with E-state index in [1.165, 1.54) is 37.5 Å². The van der Waals surface area contributed by atoms with Gasteiger partial charge in [0.05, 0.1) is 6.04 Å². The van der Waals surface area contributed by atoms with Crippen molar-refractivity contribution in [2.45, 2.75) is 19.9 Å². The smallest absolute Gasteiger partial charge is 0.259 e. The normalized spacial score (nSPS) is 14.1. The highest BCUT2D eigenvalue weighted by Crippen LogP contribution is 2.30. The molecule has 34 heavy (non-hydrogen) atoms. The van der Waals surface area contributed by atoms with Gasteiger partial charge in [0.1, 0.15) is 11.9 Å². The van der Waals surface area contributed by atoms with Crippen LogP contribution < -0.4 is 4.90 Å². The molecule has 8 nitrogen and oxygen atoms in total. The second-order valence-corrected chi connectivity index (χ2v) is 8.19. The molecule has 1 aliphatic heterocycles. The van der Waals surface area contributed by atoms with Crippen molar-refractivity contribution in [2.75, 3.05) is 31.1 Å². The zero-order valence-corrected chi connectivity index (χ0v) is 19.3. The Morgan fingerprint density at radius 2 is 1.35 bits per heavy atom. The van der Waals surface area contributed by atoms with Crippen molar-refractivity contribution in [3.8, 4) is 0 Å². The lowest BCUT2D eigenvalue weighted by Crippen LogP contribution is -2.50. The fourth-order valence-corrected chi connectivity index (χ4v) is 4.41. The van der Waals surface area contributed by atoms with E-state index in [1.807, 2.05) is 36.4 Å². The zero-order valence-electron chi connectivity index (χ0n) is 19.3. The number of aromatic nitrogens is 2. The van der Waals surface area contributed by atoms with Crippen molar-refractivity contribution in [1.82, 2.24) is 19.8 Å². The second kappa shape index (κ2) is 10.4. The van der Waals surface area contributed by atoms with Gasteiger partial charge in [-0.05, 0) is 11.1 Å². The van der Waals surface area contributed by atoms with E-state index >= 15 is 0 Å². The highest BCUT2D eigenvalue weighted by atomic mass is 16.2. The monoisotopic (exact) mass is 457 g/mol. The third-order valence-electron chi connectivity index (χ3n) is 5.96. The molecule has 3 aromatic rings. The van der Waals surface area contributed by atoms with E-state index in [2.05, 4.69) is 39.1 Å². The summed E-state index contributed by atoms with van der Waals surface area (Å²) in [5, 5.41) is 0. The van der Waals surface area contributed by atoms with E-state index in [0.29, 0.717) is 26.2 Å². The molecule has 1 aliphatic rings. The van der Waals surface area contributed by atoms with Gasteiger partial charge >= 0.3 is 0 Å². The molecule has 2 heterocycles. The topological polar surface area (TPSA) is 86.7 Å². The van der Waals surface area contributed by atoms with Crippen molar-refractivity contribution in [1.29, 1.82) is 0 Å². The lowest BCUT2D eigenvalue weighted by Gasteiger charge is -2.40. The number of carbonyl (C=O) groups is 3. The van der Waals surface area contributed by atoms with Crippen molar-refractivity contribution in [3.05, 3.63) is 89.9 Å². The molecule has 0 radical (unpaired) electrons. The summed E-state index contributed by atoms with van der Waals surface area (Å²) in [7, 11) is 0. The molecule has 4 rings (SSSR count). The van der Waals surface area contributed by atoms with Gasteiger partial charge in [0.25, 0.3) is 5.91 Å². The van der Waals surface area contributed by atoms with Crippen LogP contribution in [-0.2, 0) is 9.59 Å². The van der Waals surface area contributed by atoms with Gasteiger partial charge in [-0.3, -0.25) is 19.3 Å². The van der Waals surface area contributed by atoms with Crippen molar-refractivity contribution < 1.29 is 14.4 Å². The highest BCUT2D eigenvalue weighted by Gasteiger charge is 2.31. The maximum atomic E-state index is 13.4. The van der Waals surface area contributed by atoms with Gasteiger partial charge in [0.15, 0.2) is 5.82 Å². The number of benzene rings is 2. The summed E-state index contributed by atoms with van der Waals surface area (Å²) in [5.74, 6) is -1.27. The van der Waals surface area contributed by atoms with Gasteiger partial charge in [-0.1, -0.05) is 60.7 Å². The van der Waals surface area contributed by atoms with Crippen LogP contribution in [0.3, 0.4) is 0 Å². The Bertz CT molecular complexity index is 1110. The van der Waals surface area contributed by atoms with E-state index in [1.54, 1.807) is 4.90 Å². The summed E-state index contributed by atoms with van der Waals surface area (Å²) in [5.41, 5.74) is 2.54. The van der Waals surface area contributed by atoms with Crippen LogP contribution in [0.15, 0.2) is 73.2 Å². The molecule has 1 fully saturated rings. The molecule has 0 unspecified atom stereocenters. The first-order valence-electron chi connectivity index (χ1n) is 11.2. The average Bonchev–Trinajstić information content (AvgIpc) is 2.85. The molecule has 2 aromatic carbocycles. The van der Waals surface area contributed by atoms with Crippen LogP contribution >= 0.6 is 0 Å². The number of rotatable bonds is 5. The molecular weight excluding hydrogens is 430 g/mol. The SMILES string of the molecule is CC(=O)N(C(C)=O)c1ncncc1C(=O)N1CCN(C(c2ccccc2)c2ccccc2)CC1. The molecule has 8 heteroatoms. The van der Waals surface area contributed by atoms with Gasteiger partial charge in [-0.25, -0.2) is 14.9 Å². The van der Waals surface area contributed by atoms with E-state index in [-0.39, 0.29) is 23.3 Å². The second-order valence-electron chi connectivity index (χ2n) is 8.19. The van der Waals surface area contributed by atoms with E-state index in [0.717, 1.165) is 4.90 Å². The molecule has 174 valence electrons. The average molecular weight is 458 g/mol. The molecule has 0 atom stereocenters. The Morgan fingerprint density at radius 1 is 0.824 bits per heavy atom. The molecule has 0 aliphatic carbocycles. The predicted octanol–water partition coefficient (Wildman–Crippen LogP) is 2.92. The molecule has 0 bridgehead atoms. The summed E-state index contributed by atoms with van der Waals surface area (Å²) in [4.78, 5) is 50.5. The van der Waals surface area contributed by atoms with Gasteiger partial charge in [0, 0.05) is 46.2 Å². The molecule has 0 saturated carbocycles. The van der Waals surface area contributed by atoms with Crippen LogP contribution in [0.1, 0.15) is 41.4 Å². The molecule has 1 aromatic heterocycles. The minimum atomic E-state index is -0.501. The van der Waals surface area contributed by atoms with Crippen LogP contribution in [0.2, 0.25) is 0 Å². The number of imide groups is 1. The van der Waals surface area contributed by atoms with Crippen LogP contribution in [0.5, 0.6) is 0 Å². The number of hydrogen-bond donors (Lipinski definition) is 0. The van der Waals surface area contributed by atoms with Crippen LogP contribution in [0.25, 0.3) is 0 Å². The third-order valence-corrected chi connectivity index (χ3v) is 5.96. The molecular formula is C26H27N5O3. The Kier molecular flexibility index (Phi) is 7.08. The lowest BCUT2D eigenvalue weighted by atomic mass is 9.96. The maximum absolute atomic E-state index is 13.4. The number of hydrogen-bond acceptors (Lipinski definition) is 6. The summed E-state index contributed by atoms with van der Waals surface area (Å²) in [6, 6.07) is 20.8. The van der Waals surface area contributed by atoms with Crippen molar-refractivity contribution in [3.63, 3.8) is 0 Å². The van der Waals surface area contributed by atoms with E-state index in [9.17, 15) is 14.4 Å². The standard InChI is InChI=1S/C26H27N5O3/c1-19(32)31(20(2)33)25-23(17-27-18-28-25)26(34)30-15-13-29(14-16-30)24(21-9-5-3-6-10-21)22-11-7-4-8-12-22/h3-12,17-18,24H,13-16H2,1-2H3. The Hall–Kier alpha value is -3.91. The summed E-state index contributed by atoms with van der Waals surface area (Å²) in [6.45, 7) is 4.89. The number of carbonyl (C=O) groups excluding carboxylic acids is 3. The van der Waals surface area contributed by atoms with E-state index < -0.39 is 11.8 Å². The fourth-order valence-electron chi connectivity index (χ4n) is 4.41. The largest absolute Gasteiger partial charge is 0.336 e. The Balaban J connectivity index is 1.55. The highest BCUT2D eigenvalue weighted by molar-refractivity contribution is 6.15. The third kappa shape index (κ3) is 4.87. The first-order valence-corrected chi connectivity index (χ1v) is 11.2. The lowest BCUT2D eigenvalue weighted by molar-refractivity contribution is -0.124. The van der Waals surface area contributed by atoms with Gasteiger partial charge in [0.2, 0.25) is 11.8 Å². The minimum absolute atomic E-state index is 0.0221. The first-order chi connectivity index (χ1) is 16.5. The summed E-state index contributed by atoms with van der Waals surface area (Å²) in [6.07, 6.45) is 2.60. The minimum Gasteiger partial charge on any atom is -0.336 e. The zero-order chi connectivity index (χ0) is 24.1. The molecule has 0 spiro atoms. The fraction of sp³-hybridized carbons (Fsp3) is 0.269. The predicted molar refractivity (Wildman–Crippen MR) is 128 cm³/mol. The van der Waals surface area contributed by atoms with Crippen LogP contribution in [0, 0.1) is 0 Å². The number of piperazine rings is 1. The summed E-state index contributed by atoms with van der Waals surface area (Å²) < 4.78 is 0. The number of amides is 3. The van der Waals surface area contributed by atoms with Crippen LogP contribution in [0.4, 0.5) is 5.82 Å². The molecule has 3 amide bonds. The van der Waals surface area contributed by atoms with Crippen molar-refractivity contribution in [2.24, 2.45) is 0 Å². The molecule has 0 N–H and O–H groups in total. The number of nitrogens with zero attached hydrogens (tertiary/aromatic N) is 5. The summed E-state index contributed by atoms with van der Waals surface area (Å²) >= 11 is 0. The van der Waals surface area contributed by atoms with Gasteiger partial charge in [-0.2, -0.15) is 0 Å². The van der Waals surface area contributed by atoms with Gasteiger partial charge < -0.3 is 4.90 Å². The Labute approximate surface area is 198 Å². The number of anilines is 1. The van der Waals surface area contributed by atoms with Crippen LogP contribution in [-0.4, -0.2) is 63.7 Å². The van der Waals surface area contributed by atoms with Crippen molar-refractivity contribution >= 4 is 23.5 Å². The quantitative estimate of drug-likeness (QED) is 0.586. The van der Waals surface area contributed by atoms with Gasteiger partial charge in [-0.15, -0.1) is 0 Å². The first kappa shape index (κ1) is 23.3. The molecule has 1 saturated heterocycles. The maximum Gasteiger partial charge on any atom is 0.259 e. The Morgan fingerprint density at radius 3 is 1.85 bits per heavy atom. The van der Waals surface area contributed by atoms with E-state index in [4.69, 9.17) is 0 Å².